The Balaban J connectivity index is 1.57. The van der Waals surface area contributed by atoms with Gasteiger partial charge < -0.3 is 5.32 Å². The molecule has 3 fully saturated rings. The first-order valence-electron chi connectivity index (χ1n) is 7.50. The lowest BCUT2D eigenvalue weighted by molar-refractivity contribution is 0.115. The summed E-state index contributed by atoms with van der Waals surface area (Å²) in [5.41, 5.74) is 4.24. The van der Waals surface area contributed by atoms with E-state index in [1.54, 1.807) is 5.56 Å². The third-order valence-corrected chi connectivity index (χ3v) is 5.32. The van der Waals surface area contributed by atoms with Crippen molar-refractivity contribution in [2.75, 3.05) is 6.54 Å². The molecule has 1 nitrogen and oxygen atoms in total. The van der Waals surface area contributed by atoms with Crippen molar-refractivity contribution in [1.82, 2.24) is 5.32 Å². The summed E-state index contributed by atoms with van der Waals surface area (Å²) in [5.74, 6) is 0. The van der Waals surface area contributed by atoms with Crippen molar-refractivity contribution in [2.24, 2.45) is 5.41 Å². The first-order chi connectivity index (χ1) is 8.70. The number of benzene rings is 1. The molecule has 96 valence electrons. The molecule has 1 heteroatoms. The van der Waals surface area contributed by atoms with Gasteiger partial charge >= 0.3 is 0 Å². The zero-order valence-corrected chi connectivity index (χ0v) is 11.3. The number of rotatable bonds is 4. The minimum absolute atomic E-state index is 0.463. The van der Waals surface area contributed by atoms with Crippen molar-refractivity contribution < 1.29 is 0 Å². The maximum absolute atomic E-state index is 3.78. The second kappa shape index (κ2) is 3.60. The smallest absolute Gasteiger partial charge is 0.00885 e. The topological polar surface area (TPSA) is 12.0 Å². The number of hydrogen-bond donors (Lipinski definition) is 1. The fourth-order valence-corrected chi connectivity index (χ4v) is 3.95. The van der Waals surface area contributed by atoms with Crippen LogP contribution in [-0.2, 0) is 5.41 Å². The molecule has 1 aromatic carbocycles. The lowest BCUT2D eigenvalue weighted by Gasteiger charge is -2.50. The zero-order chi connectivity index (χ0) is 12.2. The molecule has 0 unspecified atom stereocenters. The first-order valence-corrected chi connectivity index (χ1v) is 7.50. The van der Waals surface area contributed by atoms with Gasteiger partial charge in [0.15, 0.2) is 0 Å². The quantitative estimate of drug-likeness (QED) is 0.850. The maximum atomic E-state index is 3.78. The van der Waals surface area contributed by atoms with E-state index in [0.29, 0.717) is 5.41 Å². The van der Waals surface area contributed by atoms with Crippen LogP contribution in [0.15, 0.2) is 24.3 Å². The van der Waals surface area contributed by atoms with Crippen molar-refractivity contribution in [3.8, 4) is 0 Å². The van der Waals surface area contributed by atoms with E-state index in [0.717, 1.165) is 11.5 Å². The minimum Gasteiger partial charge on any atom is -0.313 e. The standard InChI is InChI=1S/C17H23N/c1-13-3-2-4-14(9-13)17(12-18-15-5-6-15)10-16(11-17)7-8-16/h2-4,9,15,18H,5-8,10-12H2,1H3. The fourth-order valence-electron chi connectivity index (χ4n) is 3.95. The molecular formula is C17H23N. The van der Waals surface area contributed by atoms with Crippen molar-refractivity contribution in [3.05, 3.63) is 35.4 Å². The molecule has 3 aliphatic carbocycles. The van der Waals surface area contributed by atoms with Crippen LogP contribution in [0.2, 0.25) is 0 Å². The summed E-state index contributed by atoms with van der Waals surface area (Å²) in [7, 11) is 0. The second-order valence-electron chi connectivity index (χ2n) is 7.16. The molecule has 4 rings (SSSR count). The zero-order valence-electron chi connectivity index (χ0n) is 11.3. The average Bonchev–Trinajstić information content (AvgIpc) is 3.19. The van der Waals surface area contributed by atoms with Crippen LogP contribution in [-0.4, -0.2) is 12.6 Å². The van der Waals surface area contributed by atoms with Gasteiger partial charge in [-0.25, -0.2) is 0 Å². The Morgan fingerprint density at radius 2 is 2.00 bits per heavy atom. The Hall–Kier alpha value is -0.820. The van der Waals surface area contributed by atoms with Gasteiger partial charge in [0.1, 0.15) is 0 Å². The van der Waals surface area contributed by atoms with E-state index in [9.17, 15) is 0 Å². The third-order valence-electron chi connectivity index (χ3n) is 5.32. The molecule has 3 aliphatic rings. The summed E-state index contributed by atoms with van der Waals surface area (Å²) in [6.45, 7) is 3.43. The highest BCUT2D eigenvalue weighted by Crippen LogP contribution is 2.68. The van der Waals surface area contributed by atoms with Crippen molar-refractivity contribution >= 4 is 0 Å². The largest absolute Gasteiger partial charge is 0.313 e. The van der Waals surface area contributed by atoms with Gasteiger partial charge in [0.05, 0.1) is 0 Å². The predicted molar refractivity (Wildman–Crippen MR) is 74.8 cm³/mol. The van der Waals surface area contributed by atoms with E-state index in [2.05, 4.69) is 36.5 Å². The molecule has 0 atom stereocenters. The molecule has 0 bridgehead atoms. The summed E-state index contributed by atoms with van der Waals surface area (Å²) < 4.78 is 0. The Morgan fingerprint density at radius 1 is 1.22 bits per heavy atom. The van der Waals surface area contributed by atoms with E-state index >= 15 is 0 Å². The van der Waals surface area contributed by atoms with Gasteiger partial charge in [-0.1, -0.05) is 29.8 Å². The minimum atomic E-state index is 0.463. The molecular weight excluding hydrogens is 218 g/mol. The molecule has 0 radical (unpaired) electrons. The van der Waals surface area contributed by atoms with Crippen LogP contribution in [0.5, 0.6) is 0 Å². The molecule has 0 saturated heterocycles. The van der Waals surface area contributed by atoms with Gasteiger partial charge in [0.2, 0.25) is 0 Å². The Kier molecular flexibility index (Phi) is 2.21. The Labute approximate surface area is 110 Å². The highest BCUT2D eigenvalue weighted by molar-refractivity contribution is 5.36. The molecule has 3 saturated carbocycles. The van der Waals surface area contributed by atoms with Crippen LogP contribution < -0.4 is 5.32 Å². The lowest BCUT2D eigenvalue weighted by Crippen LogP contribution is -2.50. The van der Waals surface area contributed by atoms with Gasteiger partial charge in [-0.05, 0) is 56.4 Å². The molecule has 1 N–H and O–H groups in total. The van der Waals surface area contributed by atoms with Crippen LogP contribution in [0.25, 0.3) is 0 Å². The van der Waals surface area contributed by atoms with Crippen molar-refractivity contribution in [2.45, 2.75) is 56.9 Å². The lowest BCUT2D eigenvalue weighted by atomic mass is 9.56. The van der Waals surface area contributed by atoms with E-state index in [1.165, 1.54) is 50.6 Å². The van der Waals surface area contributed by atoms with Crippen LogP contribution in [0, 0.1) is 12.3 Å². The molecule has 0 heterocycles. The van der Waals surface area contributed by atoms with E-state index in [4.69, 9.17) is 0 Å². The third kappa shape index (κ3) is 1.80. The van der Waals surface area contributed by atoms with Crippen LogP contribution in [0.3, 0.4) is 0 Å². The maximum Gasteiger partial charge on any atom is 0.00885 e. The molecule has 0 amide bonds. The Bertz CT molecular complexity index is 460. The normalized spacial score (nSPS) is 26.9. The summed E-state index contributed by atoms with van der Waals surface area (Å²) in [4.78, 5) is 0. The van der Waals surface area contributed by atoms with Gasteiger partial charge in [0.25, 0.3) is 0 Å². The Morgan fingerprint density at radius 3 is 2.61 bits per heavy atom. The first kappa shape index (κ1) is 11.0. The summed E-state index contributed by atoms with van der Waals surface area (Å²) in [5, 5.41) is 3.78. The molecule has 1 aromatic rings. The average molecular weight is 241 g/mol. The summed E-state index contributed by atoms with van der Waals surface area (Å²) >= 11 is 0. The number of aryl methyl sites for hydroxylation is 1. The van der Waals surface area contributed by atoms with Gasteiger partial charge in [0, 0.05) is 18.0 Å². The second-order valence-corrected chi connectivity index (χ2v) is 7.16. The fraction of sp³-hybridized carbons (Fsp3) is 0.647. The molecule has 0 aromatic heterocycles. The number of nitrogens with one attached hydrogen (secondary N) is 1. The van der Waals surface area contributed by atoms with Crippen molar-refractivity contribution in [1.29, 1.82) is 0 Å². The SMILES string of the molecule is Cc1cccc(C2(CNC3CC3)CC3(CC3)C2)c1. The summed E-state index contributed by atoms with van der Waals surface area (Å²) in [6.07, 6.45) is 8.64. The van der Waals surface area contributed by atoms with E-state index in [1.807, 2.05) is 0 Å². The molecule has 1 spiro atoms. The van der Waals surface area contributed by atoms with Crippen LogP contribution >= 0.6 is 0 Å². The summed E-state index contributed by atoms with van der Waals surface area (Å²) in [6, 6.07) is 10.1. The highest BCUT2D eigenvalue weighted by atomic mass is 15.0. The predicted octanol–water partition coefficient (Wildman–Crippen LogP) is 3.56. The van der Waals surface area contributed by atoms with Gasteiger partial charge in [-0.2, -0.15) is 0 Å². The van der Waals surface area contributed by atoms with Crippen LogP contribution in [0.4, 0.5) is 0 Å². The van der Waals surface area contributed by atoms with E-state index < -0.39 is 0 Å². The van der Waals surface area contributed by atoms with Gasteiger partial charge in [-0.3, -0.25) is 0 Å². The monoisotopic (exact) mass is 241 g/mol. The molecule has 0 aliphatic heterocycles. The molecule has 18 heavy (non-hydrogen) atoms. The van der Waals surface area contributed by atoms with Crippen molar-refractivity contribution in [3.63, 3.8) is 0 Å². The number of hydrogen-bond acceptors (Lipinski definition) is 1. The van der Waals surface area contributed by atoms with Gasteiger partial charge in [-0.15, -0.1) is 0 Å². The van der Waals surface area contributed by atoms with E-state index in [-0.39, 0.29) is 0 Å². The van der Waals surface area contributed by atoms with Crippen LogP contribution in [0.1, 0.15) is 49.7 Å². The highest BCUT2D eigenvalue weighted by Gasteiger charge is 2.61.